The number of hydrogen-bond donors (Lipinski definition) is 2. The van der Waals surface area contributed by atoms with Crippen LogP contribution in [0.2, 0.25) is 0 Å². The van der Waals surface area contributed by atoms with Crippen LogP contribution in [0.1, 0.15) is 26.2 Å². The fourth-order valence-corrected chi connectivity index (χ4v) is 3.90. The SMILES string of the molecule is COc1cc(N2CC(C(=O)NC3CCCNC3C)CC2=O)cc(OC)c1OC.Cl. The molecule has 1 aromatic rings. The summed E-state index contributed by atoms with van der Waals surface area (Å²) in [5, 5.41) is 6.49. The van der Waals surface area contributed by atoms with E-state index < -0.39 is 0 Å². The second-order valence-electron chi connectivity index (χ2n) is 7.29. The summed E-state index contributed by atoms with van der Waals surface area (Å²) < 4.78 is 16.1. The van der Waals surface area contributed by atoms with Crippen LogP contribution < -0.4 is 29.7 Å². The average molecular weight is 428 g/mol. The van der Waals surface area contributed by atoms with Crippen molar-refractivity contribution in [2.75, 3.05) is 39.3 Å². The maximum atomic E-state index is 12.7. The third kappa shape index (κ3) is 4.87. The first-order chi connectivity index (χ1) is 13.5. The van der Waals surface area contributed by atoms with E-state index in [1.165, 1.54) is 21.3 Å². The molecule has 2 N–H and O–H groups in total. The van der Waals surface area contributed by atoms with Crippen LogP contribution in [0.15, 0.2) is 12.1 Å². The van der Waals surface area contributed by atoms with E-state index in [4.69, 9.17) is 14.2 Å². The molecule has 0 radical (unpaired) electrons. The minimum absolute atomic E-state index is 0. The number of benzene rings is 1. The molecule has 0 aliphatic carbocycles. The zero-order valence-electron chi connectivity index (χ0n) is 17.3. The summed E-state index contributed by atoms with van der Waals surface area (Å²) in [7, 11) is 4.59. The van der Waals surface area contributed by atoms with Gasteiger partial charge in [-0.2, -0.15) is 0 Å². The molecule has 8 nitrogen and oxygen atoms in total. The molecule has 3 atom stereocenters. The van der Waals surface area contributed by atoms with E-state index in [0.29, 0.717) is 29.5 Å². The van der Waals surface area contributed by atoms with Gasteiger partial charge in [0.05, 0.1) is 32.9 Å². The molecule has 9 heteroatoms. The molecular weight excluding hydrogens is 398 g/mol. The standard InChI is InChI=1S/C20H29N3O5.ClH/c1-12-15(6-5-7-21-12)22-20(25)13-8-18(24)23(11-13)14-9-16(26-2)19(28-4)17(10-14)27-3;/h9-10,12-13,15,21H,5-8,11H2,1-4H3,(H,22,25);1H. The molecule has 2 aliphatic heterocycles. The van der Waals surface area contributed by atoms with Crippen molar-refractivity contribution >= 4 is 29.9 Å². The van der Waals surface area contributed by atoms with Gasteiger partial charge in [-0.15, -0.1) is 12.4 Å². The summed E-state index contributed by atoms with van der Waals surface area (Å²) in [6.45, 7) is 3.38. The first-order valence-electron chi connectivity index (χ1n) is 9.62. The van der Waals surface area contributed by atoms with Gasteiger partial charge in [0.2, 0.25) is 17.6 Å². The lowest BCUT2D eigenvalue weighted by Gasteiger charge is -2.31. The number of carbonyl (C=O) groups is 2. The second kappa shape index (κ2) is 10.0. The molecule has 162 valence electrons. The fourth-order valence-electron chi connectivity index (χ4n) is 3.90. The maximum absolute atomic E-state index is 12.7. The Morgan fingerprint density at radius 2 is 1.83 bits per heavy atom. The first kappa shape index (κ1) is 23.1. The van der Waals surface area contributed by atoms with Gasteiger partial charge in [-0.1, -0.05) is 0 Å². The molecule has 29 heavy (non-hydrogen) atoms. The Morgan fingerprint density at radius 1 is 1.17 bits per heavy atom. The molecule has 0 aromatic heterocycles. The lowest BCUT2D eigenvalue weighted by atomic mass is 9.98. The number of nitrogens with one attached hydrogen (secondary N) is 2. The third-order valence-electron chi connectivity index (χ3n) is 5.55. The van der Waals surface area contributed by atoms with Gasteiger partial charge in [0.1, 0.15) is 0 Å². The van der Waals surface area contributed by atoms with Gasteiger partial charge in [0.15, 0.2) is 11.5 Å². The van der Waals surface area contributed by atoms with E-state index in [2.05, 4.69) is 17.6 Å². The molecule has 2 saturated heterocycles. The van der Waals surface area contributed by atoms with Crippen molar-refractivity contribution in [1.29, 1.82) is 0 Å². The fraction of sp³-hybridized carbons (Fsp3) is 0.600. The molecule has 2 heterocycles. The van der Waals surface area contributed by atoms with E-state index in [1.54, 1.807) is 17.0 Å². The molecular formula is C20H30ClN3O5. The second-order valence-corrected chi connectivity index (χ2v) is 7.29. The Hall–Kier alpha value is -2.19. The van der Waals surface area contributed by atoms with Crippen LogP contribution in [0.3, 0.4) is 0 Å². The van der Waals surface area contributed by atoms with Crippen LogP contribution >= 0.6 is 12.4 Å². The Bertz CT molecular complexity index is 720. The maximum Gasteiger partial charge on any atom is 0.227 e. The van der Waals surface area contributed by atoms with E-state index in [-0.39, 0.29) is 48.6 Å². The molecule has 2 fully saturated rings. The monoisotopic (exact) mass is 427 g/mol. The van der Waals surface area contributed by atoms with Gasteiger partial charge in [-0.3, -0.25) is 9.59 Å². The highest BCUT2D eigenvalue weighted by molar-refractivity contribution is 6.00. The van der Waals surface area contributed by atoms with Crippen LogP contribution in [0.4, 0.5) is 5.69 Å². The highest BCUT2D eigenvalue weighted by atomic mass is 35.5. The van der Waals surface area contributed by atoms with E-state index in [9.17, 15) is 9.59 Å². The molecule has 3 unspecified atom stereocenters. The van der Waals surface area contributed by atoms with Crippen LogP contribution in [0.5, 0.6) is 17.2 Å². The number of methoxy groups -OCH3 is 3. The molecule has 0 bridgehead atoms. The van der Waals surface area contributed by atoms with Gasteiger partial charge in [-0.25, -0.2) is 0 Å². The van der Waals surface area contributed by atoms with E-state index >= 15 is 0 Å². The molecule has 2 aliphatic rings. The van der Waals surface area contributed by atoms with Crippen LogP contribution in [0.25, 0.3) is 0 Å². The number of carbonyl (C=O) groups excluding carboxylic acids is 2. The lowest BCUT2D eigenvalue weighted by molar-refractivity contribution is -0.127. The van der Waals surface area contributed by atoms with Gasteiger partial charge in [0.25, 0.3) is 0 Å². The van der Waals surface area contributed by atoms with Crippen LogP contribution in [-0.2, 0) is 9.59 Å². The Balaban J connectivity index is 0.00000300. The summed E-state index contributed by atoms with van der Waals surface area (Å²) in [4.78, 5) is 27.0. The topological polar surface area (TPSA) is 89.1 Å². The summed E-state index contributed by atoms with van der Waals surface area (Å²) in [6, 6.07) is 3.80. The average Bonchev–Trinajstić information content (AvgIpc) is 3.10. The summed E-state index contributed by atoms with van der Waals surface area (Å²) >= 11 is 0. The van der Waals surface area contributed by atoms with Gasteiger partial charge in [-0.05, 0) is 26.3 Å². The smallest absolute Gasteiger partial charge is 0.227 e. The van der Waals surface area contributed by atoms with Crippen molar-refractivity contribution in [2.45, 2.75) is 38.3 Å². The van der Waals surface area contributed by atoms with Crippen molar-refractivity contribution in [3.05, 3.63) is 12.1 Å². The summed E-state index contributed by atoms with van der Waals surface area (Å²) in [5.74, 6) is 0.876. The van der Waals surface area contributed by atoms with Crippen molar-refractivity contribution < 1.29 is 23.8 Å². The lowest BCUT2D eigenvalue weighted by Crippen LogP contribution is -2.53. The number of ether oxygens (including phenoxy) is 3. The number of amides is 2. The normalized spacial score (nSPS) is 23.9. The molecule has 0 saturated carbocycles. The number of halogens is 1. The predicted octanol–water partition coefficient (Wildman–Crippen LogP) is 1.74. The van der Waals surface area contributed by atoms with Crippen molar-refractivity contribution in [1.82, 2.24) is 10.6 Å². The minimum Gasteiger partial charge on any atom is -0.493 e. The Kier molecular flexibility index (Phi) is 7.98. The van der Waals surface area contributed by atoms with E-state index in [0.717, 1.165) is 19.4 Å². The summed E-state index contributed by atoms with van der Waals surface area (Å²) in [6.07, 6.45) is 2.19. The molecule has 2 amide bonds. The van der Waals surface area contributed by atoms with Crippen molar-refractivity contribution in [2.24, 2.45) is 5.92 Å². The Labute approximate surface area is 177 Å². The number of rotatable bonds is 6. The van der Waals surface area contributed by atoms with Crippen LogP contribution in [0, 0.1) is 5.92 Å². The first-order valence-corrected chi connectivity index (χ1v) is 9.62. The number of hydrogen-bond acceptors (Lipinski definition) is 6. The largest absolute Gasteiger partial charge is 0.493 e. The zero-order valence-corrected chi connectivity index (χ0v) is 18.1. The van der Waals surface area contributed by atoms with Gasteiger partial charge >= 0.3 is 0 Å². The van der Waals surface area contributed by atoms with E-state index in [1.807, 2.05) is 0 Å². The number of anilines is 1. The quantitative estimate of drug-likeness (QED) is 0.719. The Morgan fingerprint density at radius 3 is 2.38 bits per heavy atom. The molecule has 0 spiro atoms. The minimum atomic E-state index is -0.374. The molecule has 3 rings (SSSR count). The summed E-state index contributed by atoms with van der Waals surface area (Å²) in [5.41, 5.74) is 0.627. The van der Waals surface area contributed by atoms with Crippen molar-refractivity contribution in [3.8, 4) is 17.2 Å². The zero-order chi connectivity index (χ0) is 20.3. The highest BCUT2D eigenvalue weighted by Crippen LogP contribution is 2.42. The third-order valence-corrected chi connectivity index (χ3v) is 5.55. The van der Waals surface area contributed by atoms with Crippen molar-refractivity contribution in [3.63, 3.8) is 0 Å². The predicted molar refractivity (Wildman–Crippen MR) is 112 cm³/mol. The number of piperidine rings is 1. The number of nitrogens with zero attached hydrogens (tertiary/aromatic N) is 1. The van der Waals surface area contributed by atoms with Gasteiger partial charge in [0, 0.05) is 37.2 Å². The van der Waals surface area contributed by atoms with Crippen LogP contribution in [-0.4, -0.2) is 58.3 Å². The van der Waals surface area contributed by atoms with Gasteiger partial charge < -0.3 is 29.7 Å². The molecule has 1 aromatic carbocycles. The highest BCUT2D eigenvalue weighted by Gasteiger charge is 2.37.